The number of aromatic amines is 1. The van der Waals surface area contributed by atoms with Gasteiger partial charge in [-0.15, -0.1) is 11.3 Å². The van der Waals surface area contributed by atoms with Gasteiger partial charge in [-0.1, -0.05) is 35.5 Å². The summed E-state index contributed by atoms with van der Waals surface area (Å²) < 4.78 is 24.4. The lowest BCUT2D eigenvalue weighted by molar-refractivity contribution is 0.453. The fraction of sp³-hybridized carbons (Fsp3) is 0.100. The Morgan fingerprint density at radius 3 is 2.73 bits per heavy atom. The summed E-state index contributed by atoms with van der Waals surface area (Å²) >= 11 is 9.22. The van der Waals surface area contributed by atoms with Crippen LogP contribution in [0.2, 0.25) is 5.02 Å². The zero-order chi connectivity index (χ0) is 21.5. The second-order valence-corrected chi connectivity index (χ2v) is 11.0. The van der Waals surface area contributed by atoms with Gasteiger partial charge in [0.05, 0.1) is 21.5 Å². The first kappa shape index (κ1) is 20.9. The Morgan fingerprint density at radius 1 is 1.27 bits per heavy atom. The van der Waals surface area contributed by atoms with Crippen molar-refractivity contribution in [3.05, 3.63) is 63.6 Å². The summed E-state index contributed by atoms with van der Waals surface area (Å²) in [5, 5.41) is 18.7. The second kappa shape index (κ2) is 8.07. The predicted molar refractivity (Wildman–Crippen MR) is 123 cm³/mol. The van der Waals surface area contributed by atoms with Crippen molar-refractivity contribution in [2.75, 3.05) is 12.5 Å². The lowest BCUT2D eigenvalue weighted by atomic mass is 10.00. The summed E-state index contributed by atoms with van der Waals surface area (Å²) in [6, 6.07) is 10.4. The summed E-state index contributed by atoms with van der Waals surface area (Å²) in [7, 11) is -3.37. The quantitative estimate of drug-likeness (QED) is 0.307. The Bertz CT molecular complexity index is 1390. The van der Waals surface area contributed by atoms with E-state index in [-0.39, 0.29) is 10.8 Å². The van der Waals surface area contributed by atoms with Gasteiger partial charge in [0.15, 0.2) is 14.2 Å². The van der Waals surface area contributed by atoms with E-state index in [0.29, 0.717) is 15.5 Å². The molecule has 0 spiro atoms. The Balaban J connectivity index is 1.92. The fourth-order valence-electron chi connectivity index (χ4n) is 2.96. The van der Waals surface area contributed by atoms with Crippen LogP contribution in [-0.2, 0) is 9.84 Å². The normalized spacial score (nSPS) is 12.6. The minimum Gasteiger partial charge on any atom is -0.492 e. The third-order valence-corrected chi connectivity index (χ3v) is 7.96. The molecule has 4 aromatic rings. The third kappa shape index (κ3) is 4.11. The third-order valence-electron chi connectivity index (χ3n) is 4.46. The van der Waals surface area contributed by atoms with Gasteiger partial charge in [0.2, 0.25) is 5.88 Å². The molecular weight excluding hydrogens is 462 g/mol. The fourth-order valence-corrected chi connectivity index (χ4v) is 5.40. The van der Waals surface area contributed by atoms with Gasteiger partial charge in [0, 0.05) is 22.2 Å². The van der Waals surface area contributed by atoms with Crippen molar-refractivity contribution < 1.29 is 13.5 Å². The number of halogens is 1. The maximum Gasteiger partial charge on any atom is 0.231 e. The molecule has 2 N–H and O–H groups in total. The first-order valence-electron chi connectivity index (χ1n) is 8.65. The van der Waals surface area contributed by atoms with E-state index in [9.17, 15) is 13.5 Å². The number of aromatic nitrogens is 3. The number of sulfone groups is 1. The molecule has 0 aliphatic carbocycles. The van der Waals surface area contributed by atoms with Crippen LogP contribution in [0.5, 0.6) is 5.88 Å². The van der Waals surface area contributed by atoms with E-state index in [4.69, 9.17) is 11.6 Å². The Labute approximate surface area is 186 Å². The van der Waals surface area contributed by atoms with Crippen molar-refractivity contribution in [2.24, 2.45) is 0 Å². The molecule has 0 saturated heterocycles. The molecule has 0 aliphatic rings. The molecule has 4 rings (SSSR count). The van der Waals surface area contributed by atoms with Crippen LogP contribution in [0.25, 0.3) is 22.6 Å². The molecule has 0 radical (unpaired) electrons. The van der Waals surface area contributed by atoms with E-state index in [1.165, 1.54) is 35.2 Å². The number of thiazole rings is 1. The van der Waals surface area contributed by atoms with Crippen LogP contribution in [0.3, 0.4) is 0 Å². The van der Waals surface area contributed by atoms with Gasteiger partial charge in [-0.25, -0.2) is 8.42 Å². The van der Waals surface area contributed by atoms with Gasteiger partial charge < -0.3 is 5.11 Å². The number of hydrogen-bond acceptors (Lipinski definition) is 7. The van der Waals surface area contributed by atoms with Gasteiger partial charge in [0.25, 0.3) is 0 Å². The van der Waals surface area contributed by atoms with Crippen LogP contribution >= 0.6 is 34.7 Å². The van der Waals surface area contributed by atoms with Crippen LogP contribution < -0.4 is 0 Å². The van der Waals surface area contributed by atoms with Gasteiger partial charge in [-0.05, 0) is 47.7 Å². The van der Waals surface area contributed by atoms with Crippen LogP contribution in [0.1, 0.15) is 16.0 Å². The van der Waals surface area contributed by atoms with Crippen molar-refractivity contribution in [3.8, 4) is 5.88 Å². The number of H-pyrrole nitrogens is 1. The molecule has 2 aromatic heterocycles. The van der Waals surface area contributed by atoms with Crippen LogP contribution in [0.15, 0.2) is 51.8 Å². The topological polar surface area (TPSA) is 95.9 Å². The summed E-state index contributed by atoms with van der Waals surface area (Å²) in [6.45, 7) is 0. The van der Waals surface area contributed by atoms with E-state index in [0.717, 1.165) is 32.6 Å². The van der Waals surface area contributed by atoms with Gasteiger partial charge in [0.1, 0.15) is 0 Å². The molecule has 0 saturated carbocycles. The first-order valence-corrected chi connectivity index (χ1v) is 13.0. The predicted octanol–water partition coefficient (Wildman–Crippen LogP) is 5.09. The number of thioether (sulfide) groups is 1. The highest BCUT2D eigenvalue weighted by Gasteiger charge is 2.18. The average molecular weight is 478 g/mol. The number of benzene rings is 2. The highest BCUT2D eigenvalue weighted by molar-refractivity contribution is 8.00. The number of hydrogen-bond donors (Lipinski definition) is 2. The van der Waals surface area contributed by atoms with Crippen LogP contribution in [0.4, 0.5) is 0 Å². The van der Waals surface area contributed by atoms with E-state index < -0.39 is 9.84 Å². The maximum absolute atomic E-state index is 11.8. The largest absolute Gasteiger partial charge is 0.492 e. The molecule has 10 heteroatoms. The molecule has 0 fully saturated rings. The lowest BCUT2D eigenvalue weighted by Crippen LogP contribution is -1.97. The first-order chi connectivity index (χ1) is 14.3. The molecule has 0 amide bonds. The Morgan fingerprint density at radius 2 is 2.07 bits per heavy atom. The lowest BCUT2D eigenvalue weighted by Gasteiger charge is -2.09. The number of nitrogens with one attached hydrogen (secondary N) is 1. The molecule has 6 nitrogen and oxygen atoms in total. The van der Waals surface area contributed by atoms with E-state index in [1.54, 1.807) is 12.3 Å². The van der Waals surface area contributed by atoms with Gasteiger partial charge >= 0.3 is 0 Å². The zero-order valence-electron chi connectivity index (χ0n) is 15.9. The highest BCUT2D eigenvalue weighted by atomic mass is 35.5. The van der Waals surface area contributed by atoms with E-state index in [2.05, 4.69) is 15.2 Å². The summed E-state index contributed by atoms with van der Waals surface area (Å²) in [6.07, 6.45) is 6.58. The van der Waals surface area contributed by atoms with Crippen LogP contribution in [-0.4, -0.2) is 41.2 Å². The van der Waals surface area contributed by atoms with Crippen LogP contribution in [0, 0.1) is 0 Å². The second-order valence-electron chi connectivity index (χ2n) is 6.52. The summed E-state index contributed by atoms with van der Waals surface area (Å²) in [5.74, 6) is -0.0632. The molecular formula is C20H16ClN3O3S3. The number of fused-ring (bicyclic) bond motifs is 1. The van der Waals surface area contributed by atoms with E-state index >= 15 is 0 Å². The SMILES string of the molecule is CSc1nc(O)c(C(=Cc2ccc(S(C)(=O)=O)cc2Cl)c2ccc3[nH]ncc3c2)s1. The van der Waals surface area contributed by atoms with Crippen molar-refractivity contribution in [1.29, 1.82) is 0 Å². The molecule has 2 heterocycles. The average Bonchev–Trinajstić information content (AvgIpc) is 3.32. The zero-order valence-corrected chi connectivity index (χ0v) is 19.1. The number of rotatable bonds is 5. The van der Waals surface area contributed by atoms with Gasteiger partial charge in [-0.2, -0.15) is 10.1 Å². The monoisotopic (exact) mass is 477 g/mol. The Kier molecular flexibility index (Phi) is 5.63. The van der Waals surface area contributed by atoms with Crippen molar-refractivity contribution in [3.63, 3.8) is 0 Å². The van der Waals surface area contributed by atoms with Crippen molar-refractivity contribution in [1.82, 2.24) is 15.2 Å². The molecule has 0 atom stereocenters. The maximum atomic E-state index is 11.8. The van der Waals surface area contributed by atoms with Gasteiger partial charge in [-0.3, -0.25) is 5.10 Å². The highest BCUT2D eigenvalue weighted by Crippen LogP contribution is 2.40. The molecule has 0 bridgehead atoms. The van der Waals surface area contributed by atoms with Crippen molar-refractivity contribution >= 4 is 67.1 Å². The minimum atomic E-state index is -3.37. The Hall–Kier alpha value is -2.33. The number of aromatic hydroxyl groups is 1. The van der Waals surface area contributed by atoms with Crippen molar-refractivity contribution in [2.45, 2.75) is 9.24 Å². The molecule has 2 aromatic carbocycles. The number of nitrogens with zero attached hydrogens (tertiary/aromatic N) is 2. The van der Waals surface area contributed by atoms with E-state index in [1.807, 2.05) is 30.5 Å². The standard InChI is InChI=1S/C20H16ClN3O3S3/c1-28-20-23-19(25)18(29-20)15(11-4-6-17-13(7-11)10-22-24-17)8-12-3-5-14(9-16(12)21)30(2,26)27/h3-10,25H,1-2H3,(H,22,24). The molecule has 0 unspecified atom stereocenters. The smallest absolute Gasteiger partial charge is 0.231 e. The molecule has 154 valence electrons. The minimum absolute atomic E-state index is 0.0632. The molecule has 30 heavy (non-hydrogen) atoms. The summed E-state index contributed by atoms with van der Waals surface area (Å²) in [5.41, 5.74) is 3.10. The summed E-state index contributed by atoms with van der Waals surface area (Å²) in [4.78, 5) is 4.96. The molecule has 0 aliphatic heterocycles.